The smallest absolute Gasteiger partial charge is 0.169 e. The van der Waals surface area contributed by atoms with E-state index >= 15 is 0 Å². The van der Waals surface area contributed by atoms with Crippen LogP contribution in [0.3, 0.4) is 0 Å². The molecule has 0 bridgehead atoms. The Balaban J connectivity index is 1.70. The van der Waals surface area contributed by atoms with E-state index in [0.29, 0.717) is 18.5 Å². The standard InChI is InChI=1S/C15H19ClFNOS/c16-11-7-10(4-5-12(11)17)15-18-13(8-19)14(20-15)6-3-9-1-2-9/h8-12H,1-7H2. The predicted octanol–water partition coefficient (Wildman–Crippen LogP) is 4.51. The van der Waals surface area contributed by atoms with E-state index in [1.54, 1.807) is 11.3 Å². The van der Waals surface area contributed by atoms with Gasteiger partial charge < -0.3 is 0 Å². The molecule has 0 aliphatic heterocycles. The number of nitrogens with zero attached hydrogens (tertiary/aromatic N) is 1. The minimum absolute atomic E-state index is 0.225. The molecule has 3 rings (SSSR count). The topological polar surface area (TPSA) is 30.0 Å². The van der Waals surface area contributed by atoms with Gasteiger partial charge in [-0.15, -0.1) is 22.9 Å². The number of hydrogen-bond acceptors (Lipinski definition) is 3. The molecule has 0 radical (unpaired) electrons. The molecule has 2 saturated carbocycles. The van der Waals surface area contributed by atoms with E-state index in [-0.39, 0.29) is 5.92 Å². The number of carbonyl (C=O) groups excluding carboxylic acids is 1. The first-order chi connectivity index (χ1) is 9.67. The fourth-order valence-corrected chi connectivity index (χ4v) is 4.41. The van der Waals surface area contributed by atoms with Crippen LogP contribution in [0, 0.1) is 5.92 Å². The molecule has 0 amide bonds. The van der Waals surface area contributed by atoms with Gasteiger partial charge in [-0.05, 0) is 38.0 Å². The Morgan fingerprint density at radius 3 is 2.80 bits per heavy atom. The number of rotatable bonds is 5. The Hall–Kier alpha value is -0.480. The van der Waals surface area contributed by atoms with Gasteiger partial charge in [0.15, 0.2) is 6.29 Å². The summed E-state index contributed by atoms with van der Waals surface area (Å²) in [4.78, 5) is 16.7. The molecule has 2 aliphatic rings. The number of aryl methyl sites for hydroxylation is 1. The van der Waals surface area contributed by atoms with Gasteiger partial charge in [0.2, 0.25) is 0 Å². The molecule has 0 saturated heterocycles. The first-order valence-electron chi connectivity index (χ1n) is 7.40. The van der Waals surface area contributed by atoms with Crippen LogP contribution in [0.4, 0.5) is 4.39 Å². The van der Waals surface area contributed by atoms with Crippen molar-refractivity contribution in [3.63, 3.8) is 0 Å². The molecule has 1 aromatic rings. The van der Waals surface area contributed by atoms with Gasteiger partial charge in [0, 0.05) is 10.8 Å². The number of hydrogen-bond donors (Lipinski definition) is 0. The van der Waals surface area contributed by atoms with Crippen LogP contribution in [0.2, 0.25) is 0 Å². The van der Waals surface area contributed by atoms with Crippen molar-refractivity contribution in [2.24, 2.45) is 5.92 Å². The Bertz CT molecular complexity index is 488. The van der Waals surface area contributed by atoms with Gasteiger partial charge in [0.25, 0.3) is 0 Å². The zero-order valence-corrected chi connectivity index (χ0v) is 12.9. The first kappa shape index (κ1) is 14.5. The molecule has 110 valence electrons. The van der Waals surface area contributed by atoms with Crippen molar-refractivity contribution in [1.82, 2.24) is 4.98 Å². The summed E-state index contributed by atoms with van der Waals surface area (Å²) >= 11 is 7.68. The lowest BCUT2D eigenvalue weighted by Crippen LogP contribution is -2.25. The summed E-state index contributed by atoms with van der Waals surface area (Å²) in [6.45, 7) is 0. The molecule has 5 heteroatoms. The van der Waals surface area contributed by atoms with Crippen molar-refractivity contribution in [3.05, 3.63) is 15.6 Å². The molecule has 3 atom stereocenters. The predicted molar refractivity (Wildman–Crippen MR) is 79.7 cm³/mol. The third-order valence-electron chi connectivity index (χ3n) is 4.37. The fourth-order valence-electron chi connectivity index (χ4n) is 2.87. The number of carbonyl (C=O) groups is 1. The molecule has 0 N–H and O–H groups in total. The van der Waals surface area contributed by atoms with Gasteiger partial charge in [-0.2, -0.15) is 0 Å². The molecule has 0 spiro atoms. The molecule has 1 heterocycles. The third kappa shape index (κ3) is 3.22. The third-order valence-corrected chi connectivity index (χ3v) is 6.12. The molecular formula is C15H19ClFNOS. The lowest BCUT2D eigenvalue weighted by molar-refractivity contribution is 0.111. The number of aldehydes is 1. The van der Waals surface area contributed by atoms with Gasteiger partial charge >= 0.3 is 0 Å². The second kappa shape index (κ2) is 6.10. The maximum Gasteiger partial charge on any atom is 0.169 e. The zero-order valence-electron chi connectivity index (χ0n) is 11.4. The van der Waals surface area contributed by atoms with Crippen molar-refractivity contribution in [3.8, 4) is 0 Å². The van der Waals surface area contributed by atoms with Crippen LogP contribution < -0.4 is 0 Å². The highest BCUT2D eigenvalue weighted by Crippen LogP contribution is 2.40. The quantitative estimate of drug-likeness (QED) is 0.591. The molecule has 20 heavy (non-hydrogen) atoms. The van der Waals surface area contributed by atoms with E-state index in [4.69, 9.17) is 11.6 Å². The van der Waals surface area contributed by atoms with Crippen LogP contribution in [0.25, 0.3) is 0 Å². The summed E-state index contributed by atoms with van der Waals surface area (Å²) in [6, 6.07) is 0. The Morgan fingerprint density at radius 1 is 1.35 bits per heavy atom. The Morgan fingerprint density at radius 2 is 2.15 bits per heavy atom. The van der Waals surface area contributed by atoms with Crippen LogP contribution in [-0.4, -0.2) is 22.8 Å². The summed E-state index contributed by atoms with van der Waals surface area (Å²) in [6.07, 6.45) is 6.68. The SMILES string of the molecule is O=Cc1nc(C2CCC(F)C(Cl)C2)sc1CCC1CC1. The van der Waals surface area contributed by atoms with E-state index in [1.807, 2.05) is 0 Å². The van der Waals surface area contributed by atoms with Crippen molar-refractivity contribution in [1.29, 1.82) is 0 Å². The van der Waals surface area contributed by atoms with Gasteiger partial charge in [0.1, 0.15) is 11.9 Å². The van der Waals surface area contributed by atoms with E-state index in [1.165, 1.54) is 12.8 Å². The molecule has 2 aliphatic carbocycles. The second-order valence-electron chi connectivity index (χ2n) is 6.00. The van der Waals surface area contributed by atoms with E-state index < -0.39 is 11.5 Å². The maximum absolute atomic E-state index is 13.4. The Kier molecular flexibility index (Phi) is 4.41. The number of alkyl halides is 2. The minimum Gasteiger partial charge on any atom is -0.296 e. The van der Waals surface area contributed by atoms with E-state index in [9.17, 15) is 9.18 Å². The van der Waals surface area contributed by atoms with E-state index in [0.717, 1.165) is 41.4 Å². The summed E-state index contributed by atoms with van der Waals surface area (Å²) < 4.78 is 13.4. The second-order valence-corrected chi connectivity index (χ2v) is 7.68. The highest BCUT2D eigenvalue weighted by molar-refractivity contribution is 7.12. The first-order valence-corrected chi connectivity index (χ1v) is 8.65. The molecule has 2 nitrogen and oxygen atoms in total. The number of halogens is 2. The summed E-state index contributed by atoms with van der Waals surface area (Å²) in [7, 11) is 0. The van der Waals surface area contributed by atoms with Crippen LogP contribution in [0.15, 0.2) is 0 Å². The van der Waals surface area contributed by atoms with Gasteiger partial charge in [-0.3, -0.25) is 4.79 Å². The summed E-state index contributed by atoms with van der Waals surface area (Å²) in [5.74, 6) is 1.08. The lowest BCUT2D eigenvalue weighted by Gasteiger charge is -2.26. The van der Waals surface area contributed by atoms with Gasteiger partial charge in [-0.25, -0.2) is 9.37 Å². The molecule has 0 aromatic carbocycles. The van der Waals surface area contributed by atoms with Crippen molar-refractivity contribution >= 4 is 29.2 Å². The van der Waals surface area contributed by atoms with Crippen molar-refractivity contribution < 1.29 is 9.18 Å². The Labute approximate surface area is 127 Å². The zero-order chi connectivity index (χ0) is 14.1. The highest BCUT2D eigenvalue weighted by Gasteiger charge is 2.32. The van der Waals surface area contributed by atoms with E-state index in [2.05, 4.69) is 4.98 Å². The average Bonchev–Trinajstić information content (AvgIpc) is 3.18. The van der Waals surface area contributed by atoms with Crippen LogP contribution in [-0.2, 0) is 6.42 Å². The summed E-state index contributed by atoms with van der Waals surface area (Å²) in [5, 5.41) is 0.572. The fraction of sp³-hybridized carbons (Fsp3) is 0.733. The van der Waals surface area contributed by atoms with Crippen LogP contribution in [0.5, 0.6) is 0 Å². The molecule has 1 aromatic heterocycles. The van der Waals surface area contributed by atoms with Gasteiger partial charge in [0.05, 0.1) is 10.4 Å². The van der Waals surface area contributed by atoms with Crippen molar-refractivity contribution in [2.75, 3.05) is 0 Å². The number of aromatic nitrogens is 1. The van der Waals surface area contributed by atoms with Crippen LogP contribution in [0.1, 0.15) is 64.8 Å². The molecular weight excluding hydrogens is 297 g/mol. The molecule has 3 unspecified atom stereocenters. The average molecular weight is 316 g/mol. The largest absolute Gasteiger partial charge is 0.296 e. The van der Waals surface area contributed by atoms with Crippen molar-refractivity contribution in [2.45, 2.75) is 62.4 Å². The molecule has 2 fully saturated rings. The number of thiazole rings is 1. The minimum atomic E-state index is -0.896. The normalized spacial score (nSPS) is 30.4. The van der Waals surface area contributed by atoms with Crippen LogP contribution >= 0.6 is 22.9 Å². The summed E-state index contributed by atoms with van der Waals surface area (Å²) in [5.41, 5.74) is 0.596. The lowest BCUT2D eigenvalue weighted by atomic mass is 9.88. The maximum atomic E-state index is 13.4. The highest BCUT2D eigenvalue weighted by atomic mass is 35.5. The van der Waals surface area contributed by atoms with Gasteiger partial charge in [-0.1, -0.05) is 12.8 Å². The monoisotopic (exact) mass is 315 g/mol.